The maximum absolute atomic E-state index is 12.4. The molecule has 0 aliphatic carbocycles. The Morgan fingerprint density at radius 1 is 1.25 bits per heavy atom. The quantitative estimate of drug-likeness (QED) is 0.453. The van der Waals surface area contributed by atoms with Gasteiger partial charge in [-0.05, 0) is 42.8 Å². The third-order valence-corrected chi connectivity index (χ3v) is 5.50. The Kier molecular flexibility index (Phi) is 6.43. The standard InChI is InChI=1S/C19H20ClN5O2S/c1-12(18(26)22-11-14-5-3-4-6-16(14)20)28-19-24-23-17(25(19)21)13-7-9-15(27-2)10-8-13/h3-10,12H,11,21H2,1-2H3,(H,22,26)/t12-/m0/s1. The number of rotatable bonds is 7. The first-order chi connectivity index (χ1) is 13.5. The second kappa shape index (κ2) is 8.99. The average molecular weight is 418 g/mol. The first-order valence-corrected chi connectivity index (χ1v) is 9.78. The average Bonchev–Trinajstić information content (AvgIpc) is 3.07. The Morgan fingerprint density at radius 2 is 1.96 bits per heavy atom. The van der Waals surface area contributed by atoms with Gasteiger partial charge in [-0.1, -0.05) is 41.6 Å². The van der Waals surface area contributed by atoms with E-state index in [2.05, 4.69) is 15.5 Å². The molecule has 0 radical (unpaired) electrons. The number of hydrogen-bond acceptors (Lipinski definition) is 6. The number of benzene rings is 2. The van der Waals surface area contributed by atoms with Crippen LogP contribution in [0.5, 0.6) is 5.75 Å². The molecule has 3 N–H and O–H groups in total. The van der Waals surface area contributed by atoms with E-state index in [1.807, 2.05) is 42.5 Å². The van der Waals surface area contributed by atoms with Gasteiger partial charge in [0.1, 0.15) is 5.75 Å². The van der Waals surface area contributed by atoms with Gasteiger partial charge in [-0.25, -0.2) is 4.68 Å². The molecule has 0 unspecified atom stereocenters. The van der Waals surface area contributed by atoms with Crippen LogP contribution >= 0.6 is 23.4 Å². The van der Waals surface area contributed by atoms with Crippen molar-refractivity contribution in [2.75, 3.05) is 13.0 Å². The number of nitrogens with zero attached hydrogens (tertiary/aromatic N) is 3. The van der Waals surface area contributed by atoms with E-state index < -0.39 is 5.25 Å². The molecular weight excluding hydrogens is 398 g/mol. The molecule has 0 fully saturated rings. The van der Waals surface area contributed by atoms with Gasteiger partial charge in [-0.3, -0.25) is 4.79 Å². The molecule has 146 valence electrons. The summed E-state index contributed by atoms with van der Waals surface area (Å²) in [5.74, 6) is 7.24. The Bertz CT molecular complexity index is 961. The lowest BCUT2D eigenvalue weighted by atomic mass is 10.2. The summed E-state index contributed by atoms with van der Waals surface area (Å²) in [4.78, 5) is 12.4. The molecule has 1 aromatic heterocycles. The Balaban J connectivity index is 1.63. The highest BCUT2D eigenvalue weighted by atomic mass is 35.5. The second-order valence-electron chi connectivity index (χ2n) is 5.97. The van der Waals surface area contributed by atoms with Gasteiger partial charge in [-0.15, -0.1) is 10.2 Å². The zero-order chi connectivity index (χ0) is 20.1. The lowest BCUT2D eigenvalue weighted by molar-refractivity contribution is -0.120. The van der Waals surface area contributed by atoms with Crippen LogP contribution in [0.25, 0.3) is 11.4 Å². The predicted octanol–water partition coefficient (Wildman–Crippen LogP) is 3.12. The minimum atomic E-state index is -0.405. The van der Waals surface area contributed by atoms with E-state index in [-0.39, 0.29) is 5.91 Å². The van der Waals surface area contributed by atoms with Crippen LogP contribution in [0, 0.1) is 0 Å². The van der Waals surface area contributed by atoms with Crippen LogP contribution in [0.3, 0.4) is 0 Å². The van der Waals surface area contributed by atoms with E-state index >= 15 is 0 Å². The number of aromatic nitrogens is 3. The summed E-state index contributed by atoms with van der Waals surface area (Å²) in [5.41, 5.74) is 1.66. The normalized spacial score (nSPS) is 11.8. The Morgan fingerprint density at radius 3 is 2.64 bits per heavy atom. The van der Waals surface area contributed by atoms with Crippen molar-refractivity contribution in [3.63, 3.8) is 0 Å². The van der Waals surface area contributed by atoms with Gasteiger partial charge < -0.3 is 15.9 Å². The van der Waals surface area contributed by atoms with E-state index in [1.165, 1.54) is 16.4 Å². The minimum absolute atomic E-state index is 0.140. The first-order valence-electron chi connectivity index (χ1n) is 8.52. The van der Waals surface area contributed by atoms with Crippen molar-refractivity contribution >= 4 is 29.3 Å². The molecule has 1 heterocycles. The first kappa shape index (κ1) is 20.0. The zero-order valence-corrected chi connectivity index (χ0v) is 17.0. The maximum Gasteiger partial charge on any atom is 0.233 e. The van der Waals surface area contributed by atoms with Crippen LogP contribution in [0.2, 0.25) is 5.02 Å². The highest BCUT2D eigenvalue weighted by Gasteiger charge is 2.20. The summed E-state index contributed by atoms with van der Waals surface area (Å²) in [7, 11) is 1.60. The molecule has 9 heteroatoms. The summed E-state index contributed by atoms with van der Waals surface area (Å²) < 4.78 is 6.53. The third-order valence-electron chi connectivity index (χ3n) is 4.08. The molecule has 0 spiro atoms. The molecule has 0 aliphatic heterocycles. The summed E-state index contributed by atoms with van der Waals surface area (Å²) in [6, 6.07) is 14.7. The van der Waals surface area contributed by atoms with E-state index in [4.69, 9.17) is 22.2 Å². The van der Waals surface area contributed by atoms with Crippen molar-refractivity contribution in [3.8, 4) is 17.1 Å². The molecule has 0 bridgehead atoms. The fraction of sp³-hybridized carbons (Fsp3) is 0.211. The van der Waals surface area contributed by atoms with Crippen molar-refractivity contribution in [3.05, 3.63) is 59.1 Å². The molecule has 0 aliphatic rings. The number of carbonyl (C=O) groups is 1. The molecule has 0 saturated heterocycles. The smallest absolute Gasteiger partial charge is 0.233 e. The number of nitrogen functional groups attached to an aromatic ring is 1. The van der Waals surface area contributed by atoms with Crippen LogP contribution in [-0.4, -0.2) is 33.1 Å². The van der Waals surface area contributed by atoms with Crippen LogP contribution in [-0.2, 0) is 11.3 Å². The number of amides is 1. The highest BCUT2D eigenvalue weighted by molar-refractivity contribution is 8.00. The maximum atomic E-state index is 12.4. The van der Waals surface area contributed by atoms with Crippen molar-refractivity contribution in [1.29, 1.82) is 0 Å². The molecule has 3 aromatic rings. The molecule has 7 nitrogen and oxygen atoms in total. The Labute approximate surface area is 172 Å². The van der Waals surface area contributed by atoms with E-state index in [9.17, 15) is 4.79 Å². The van der Waals surface area contributed by atoms with Gasteiger partial charge in [0, 0.05) is 17.1 Å². The Hall–Kier alpha value is -2.71. The lowest BCUT2D eigenvalue weighted by Gasteiger charge is -2.12. The van der Waals surface area contributed by atoms with Crippen molar-refractivity contribution in [2.24, 2.45) is 0 Å². The highest BCUT2D eigenvalue weighted by Crippen LogP contribution is 2.26. The van der Waals surface area contributed by atoms with Gasteiger partial charge in [0.05, 0.1) is 12.4 Å². The minimum Gasteiger partial charge on any atom is -0.497 e. The predicted molar refractivity (Wildman–Crippen MR) is 111 cm³/mol. The van der Waals surface area contributed by atoms with Gasteiger partial charge in [0.15, 0.2) is 5.82 Å². The van der Waals surface area contributed by atoms with Crippen molar-refractivity contribution in [2.45, 2.75) is 23.9 Å². The number of carbonyl (C=O) groups excluding carboxylic acids is 1. The zero-order valence-electron chi connectivity index (χ0n) is 15.4. The fourth-order valence-corrected chi connectivity index (χ4v) is 3.47. The largest absolute Gasteiger partial charge is 0.497 e. The molecule has 0 saturated carbocycles. The van der Waals surface area contributed by atoms with Crippen LogP contribution in [0.1, 0.15) is 12.5 Å². The van der Waals surface area contributed by atoms with E-state index in [0.29, 0.717) is 22.5 Å². The summed E-state index contributed by atoms with van der Waals surface area (Å²) in [5, 5.41) is 11.8. The van der Waals surface area contributed by atoms with Gasteiger partial charge in [0.2, 0.25) is 11.1 Å². The molecular formula is C19H20ClN5O2S. The topological polar surface area (TPSA) is 95.1 Å². The van der Waals surface area contributed by atoms with Gasteiger partial charge >= 0.3 is 0 Å². The number of nitrogens with one attached hydrogen (secondary N) is 1. The number of thioether (sulfide) groups is 1. The van der Waals surface area contributed by atoms with Crippen molar-refractivity contribution < 1.29 is 9.53 Å². The summed E-state index contributed by atoms with van der Waals surface area (Å²) in [6.45, 7) is 2.14. The second-order valence-corrected chi connectivity index (χ2v) is 7.69. The van der Waals surface area contributed by atoms with Crippen molar-refractivity contribution in [1.82, 2.24) is 20.2 Å². The monoisotopic (exact) mass is 417 g/mol. The number of hydrogen-bond donors (Lipinski definition) is 2. The van der Waals surface area contributed by atoms with Crippen LogP contribution < -0.4 is 15.9 Å². The van der Waals surface area contributed by atoms with Crippen LogP contribution in [0.4, 0.5) is 0 Å². The molecule has 1 atom stereocenters. The molecule has 2 aromatic carbocycles. The lowest BCUT2D eigenvalue weighted by Crippen LogP contribution is -2.31. The fourth-order valence-electron chi connectivity index (χ4n) is 2.47. The summed E-state index contributed by atoms with van der Waals surface area (Å²) in [6.07, 6.45) is 0. The number of ether oxygens (including phenoxy) is 1. The molecule has 1 amide bonds. The summed E-state index contributed by atoms with van der Waals surface area (Å²) >= 11 is 7.35. The van der Waals surface area contributed by atoms with E-state index in [0.717, 1.165) is 16.9 Å². The SMILES string of the molecule is COc1ccc(-c2nnc(S[C@@H](C)C(=O)NCc3ccccc3Cl)n2N)cc1. The third kappa shape index (κ3) is 4.58. The van der Waals surface area contributed by atoms with E-state index in [1.54, 1.807) is 20.1 Å². The molecule has 3 rings (SSSR count). The van der Waals surface area contributed by atoms with Gasteiger partial charge in [-0.2, -0.15) is 0 Å². The number of nitrogens with two attached hydrogens (primary N) is 1. The molecule has 28 heavy (non-hydrogen) atoms. The number of methoxy groups -OCH3 is 1. The van der Waals surface area contributed by atoms with Gasteiger partial charge in [0.25, 0.3) is 0 Å². The number of halogens is 1. The van der Waals surface area contributed by atoms with Crippen LogP contribution in [0.15, 0.2) is 53.7 Å².